The number of carboxylic acid groups (broad SMARTS) is 1. The van der Waals surface area contributed by atoms with Crippen molar-refractivity contribution in [1.29, 1.82) is 0 Å². The molecule has 1 N–H and O–H groups in total. The molecule has 0 radical (unpaired) electrons. The Morgan fingerprint density at radius 1 is 1.33 bits per heavy atom. The molecule has 0 spiro atoms. The number of rotatable bonds is 5. The van der Waals surface area contributed by atoms with E-state index in [9.17, 15) is 9.59 Å². The molecule has 0 saturated heterocycles. The predicted octanol–water partition coefficient (Wildman–Crippen LogP) is 2.96. The molecule has 5 heteroatoms. The van der Waals surface area contributed by atoms with Gasteiger partial charge in [-0.25, -0.2) is 0 Å². The van der Waals surface area contributed by atoms with Crippen LogP contribution in [0.4, 0.5) is 0 Å². The number of hydrogen-bond donors (Lipinski definition) is 1. The minimum absolute atomic E-state index is 0.234. The van der Waals surface area contributed by atoms with E-state index in [2.05, 4.69) is 0 Å². The topological polar surface area (TPSA) is 63.6 Å². The standard InChI is InChI=1S/C13H15IO4/c1-13(2,14)12(17)18-10(8-11(15)16)9-6-4-3-5-7-9/h3-7,10H,8H2,1-2H3,(H,15,16). The van der Waals surface area contributed by atoms with Gasteiger partial charge in [-0.1, -0.05) is 52.9 Å². The molecule has 1 atom stereocenters. The van der Waals surface area contributed by atoms with Crippen molar-refractivity contribution in [1.82, 2.24) is 0 Å². The molecule has 1 rings (SSSR count). The van der Waals surface area contributed by atoms with Crippen LogP contribution >= 0.6 is 22.6 Å². The SMILES string of the molecule is CC(C)(I)C(=O)OC(CC(=O)O)c1ccccc1. The Morgan fingerprint density at radius 3 is 2.33 bits per heavy atom. The summed E-state index contributed by atoms with van der Waals surface area (Å²) in [5, 5.41) is 8.87. The van der Waals surface area contributed by atoms with E-state index in [1.165, 1.54) is 0 Å². The minimum Gasteiger partial charge on any atom is -0.481 e. The zero-order valence-corrected chi connectivity index (χ0v) is 12.4. The molecule has 18 heavy (non-hydrogen) atoms. The van der Waals surface area contributed by atoms with E-state index >= 15 is 0 Å². The van der Waals surface area contributed by atoms with Crippen molar-refractivity contribution < 1.29 is 19.4 Å². The van der Waals surface area contributed by atoms with Crippen molar-refractivity contribution in [3.8, 4) is 0 Å². The van der Waals surface area contributed by atoms with Crippen molar-refractivity contribution in [2.24, 2.45) is 0 Å². The number of ether oxygens (including phenoxy) is 1. The number of halogens is 1. The van der Waals surface area contributed by atoms with Gasteiger partial charge >= 0.3 is 11.9 Å². The van der Waals surface area contributed by atoms with Crippen LogP contribution in [0.25, 0.3) is 0 Å². The Balaban J connectivity index is 2.87. The number of carbonyl (C=O) groups is 2. The van der Waals surface area contributed by atoms with Crippen LogP contribution in [-0.4, -0.2) is 20.5 Å². The van der Waals surface area contributed by atoms with Gasteiger partial charge in [0.25, 0.3) is 0 Å². The smallest absolute Gasteiger partial charge is 0.322 e. The van der Waals surface area contributed by atoms with E-state index in [4.69, 9.17) is 9.84 Å². The number of hydrogen-bond acceptors (Lipinski definition) is 3. The molecule has 0 aliphatic rings. The molecular weight excluding hydrogens is 347 g/mol. The van der Waals surface area contributed by atoms with Gasteiger partial charge in [0.2, 0.25) is 0 Å². The number of carbonyl (C=O) groups excluding carboxylic acids is 1. The monoisotopic (exact) mass is 362 g/mol. The third-order valence-corrected chi connectivity index (χ3v) is 2.71. The molecule has 0 aliphatic heterocycles. The highest BCUT2D eigenvalue weighted by Gasteiger charge is 2.29. The lowest BCUT2D eigenvalue weighted by atomic mass is 10.1. The highest BCUT2D eigenvalue weighted by Crippen LogP contribution is 2.26. The first kappa shape index (κ1) is 14.9. The second-order valence-corrected chi connectivity index (χ2v) is 7.07. The molecule has 0 heterocycles. The Morgan fingerprint density at radius 2 is 1.89 bits per heavy atom. The number of alkyl halides is 1. The van der Waals surface area contributed by atoms with E-state index in [0.717, 1.165) is 0 Å². The summed E-state index contributed by atoms with van der Waals surface area (Å²) in [6.07, 6.45) is -0.979. The van der Waals surface area contributed by atoms with Crippen LogP contribution in [-0.2, 0) is 14.3 Å². The predicted molar refractivity (Wildman–Crippen MR) is 75.6 cm³/mol. The molecule has 1 aromatic rings. The summed E-state index contributed by atoms with van der Waals surface area (Å²) in [6.45, 7) is 3.44. The highest BCUT2D eigenvalue weighted by molar-refractivity contribution is 14.1. The highest BCUT2D eigenvalue weighted by atomic mass is 127. The number of esters is 1. The van der Waals surface area contributed by atoms with E-state index < -0.39 is 21.5 Å². The van der Waals surface area contributed by atoms with Crippen LogP contribution in [0.5, 0.6) is 0 Å². The maximum absolute atomic E-state index is 11.8. The first-order chi connectivity index (χ1) is 8.30. The second-order valence-electron chi connectivity index (χ2n) is 4.37. The fourth-order valence-corrected chi connectivity index (χ4v) is 1.45. The van der Waals surface area contributed by atoms with Gasteiger partial charge in [0.15, 0.2) is 0 Å². The Kier molecular flexibility index (Phi) is 5.13. The summed E-state index contributed by atoms with van der Waals surface area (Å²) >= 11 is 1.97. The molecule has 0 amide bonds. The van der Waals surface area contributed by atoms with Crippen molar-refractivity contribution in [2.45, 2.75) is 29.8 Å². The second kappa shape index (κ2) is 6.17. The quantitative estimate of drug-likeness (QED) is 0.497. The first-order valence-electron chi connectivity index (χ1n) is 5.47. The maximum atomic E-state index is 11.8. The Hall–Kier alpha value is -1.11. The van der Waals surface area contributed by atoms with Gasteiger partial charge in [-0.15, -0.1) is 0 Å². The molecule has 98 valence electrons. The average Bonchev–Trinajstić information content (AvgIpc) is 2.27. The molecular formula is C13H15IO4. The lowest BCUT2D eigenvalue weighted by molar-refractivity contribution is -0.154. The molecule has 0 saturated carbocycles. The van der Waals surface area contributed by atoms with Gasteiger partial charge in [0.1, 0.15) is 9.53 Å². The molecule has 0 fully saturated rings. The van der Waals surface area contributed by atoms with Gasteiger partial charge in [0.05, 0.1) is 6.42 Å². The Bertz CT molecular complexity index is 422. The molecule has 0 aromatic heterocycles. The third-order valence-electron chi connectivity index (χ3n) is 2.27. The Labute approximate surface area is 119 Å². The van der Waals surface area contributed by atoms with Crippen LogP contribution in [0.1, 0.15) is 31.9 Å². The molecule has 0 bridgehead atoms. The third kappa shape index (κ3) is 4.64. The minimum atomic E-state index is -0.997. The number of aliphatic carboxylic acids is 1. The van der Waals surface area contributed by atoms with Crippen LogP contribution in [0.2, 0.25) is 0 Å². The average molecular weight is 362 g/mol. The summed E-state index contributed by atoms with van der Waals surface area (Å²) in [7, 11) is 0. The van der Waals surface area contributed by atoms with E-state index in [1.807, 2.05) is 28.7 Å². The van der Waals surface area contributed by atoms with Crippen LogP contribution in [0.15, 0.2) is 30.3 Å². The van der Waals surface area contributed by atoms with Crippen molar-refractivity contribution in [3.63, 3.8) is 0 Å². The normalized spacial score (nSPS) is 12.8. The van der Waals surface area contributed by atoms with Gasteiger partial charge in [-0.3, -0.25) is 9.59 Å². The van der Waals surface area contributed by atoms with Crippen molar-refractivity contribution in [3.05, 3.63) is 35.9 Å². The van der Waals surface area contributed by atoms with E-state index in [1.54, 1.807) is 38.1 Å². The summed E-state index contributed by atoms with van der Waals surface area (Å²) in [4.78, 5) is 22.6. The lowest BCUT2D eigenvalue weighted by Gasteiger charge is -2.21. The summed E-state index contributed by atoms with van der Waals surface area (Å²) in [5.41, 5.74) is 0.689. The summed E-state index contributed by atoms with van der Waals surface area (Å²) in [5.74, 6) is -1.42. The largest absolute Gasteiger partial charge is 0.481 e. The maximum Gasteiger partial charge on any atom is 0.322 e. The van der Waals surface area contributed by atoms with Crippen molar-refractivity contribution in [2.75, 3.05) is 0 Å². The number of benzene rings is 1. The van der Waals surface area contributed by atoms with Crippen molar-refractivity contribution >= 4 is 34.5 Å². The van der Waals surface area contributed by atoms with E-state index in [0.29, 0.717) is 5.56 Å². The molecule has 0 aliphatic carbocycles. The van der Waals surface area contributed by atoms with Gasteiger partial charge in [-0.05, 0) is 19.4 Å². The van der Waals surface area contributed by atoms with Gasteiger partial charge < -0.3 is 9.84 Å². The van der Waals surface area contributed by atoms with E-state index in [-0.39, 0.29) is 6.42 Å². The lowest BCUT2D eigenvalue weighted by Crippen LogP contribution is -2.28. The van der Waals surface area contributed by atoms with Gasteiger partial charge in [0, 0.05) is 0 Å². The summed E-state index contributed by atoms with van der Waals surface area (Å²) < 4.78 is 4.61. The molecule has 4 nitrogen and oxygen atoms in total. The number of carboxylic acids is 1. The fraction of sp³-hybridized carbons (Fsp3) is 0.385. The van der Waals surface area contributed by atoms with Crippen LogP contribution in [0.3, 0.4) is 0 Å². The first-order valence-corrected chi connectivity index (χ1v) is 6.55. The zero-order chi connectivity index (χ0) is 13.8. The molecule has 1 unspecified atom stereocenters. The van der Waals surface area contributed by atoms with Crippen LogP contribution < -0.4 is 0 Å². The molecule has 1 aromatic carbocycles. The fourth-order valence-electron chi connectivity index (χ4n) is 1.32. The van der Waals surface area contributed by atoms with Crippen LogP contribution in [0, 0.1) is 0 Å². The van der Waals surface area contributed by atoms with Gasteiger partial charge in [-0.2, -0.15) is 0 Å². The summed E-state index contributed by atoms with van der Waals surface area (Å²) in [6, 6.07) is 8.90. The zero-order valence-electron chi connectivity index (χ0n) is 10.2.